The van der Waals surface area contributed by atoms with Crippen LogP contribution in [0.1, 0.15) is 6.92 Å². The van der Waals surface area contributed by atoms with E-state index in [1.165, 1.54) is 13.1 Å². The number of nitrogens with zero attached hydrogens (tertiary/aromatic N) is 3. The van der Waals surface area contributed by atoms with Gasteiger partial charge in [-0.2, -0.15) is 5.26 Å². The summed E-state index contributed by atoms with van der Waals surface area (Å²) in [5, 5.41) is 9.00. The van der Waals surface area contributed by atoms with Crippen LogP contribution in [0.5, 0.6) is 0 Å². The van der Waals surface area contributed by atoms with Crippen molar-refractivity contribution in [2.24, 2.45) is 0 Å². The molecule has 0 radical (unpaired) electrons. The summed E-state index contributed by atoms with van der Waals surface area (Å²) in [6.45, 7) is 4.26. The van der Waals surface area contributed by atoms with Crippen LogP contribution in [0.2, 0.25) is 0 Å². The molecule has 1 aliphatic heterocycles. The van der Waals surface area contributed by atoms with E-state index < -0.39 is 24.5 Å². The Hall–Kier alpha value is -2.46. The van der Waals surface area contributed by atoms with E-state index in [9.17, 15) is 14.4 Å². The van der Waals surface area contributed by atoms with E-state index in [2.05, 4.69) is 6.58 Å². The van der Waals surface area contributed by atoms with Crippen molar-refractivity contribution < 1.29 is 19.2 Å². The van der Waals surface area contributed by atoms with Crippen LogP contribution in [0.15, 0.2) is 24.3 Å². The van der Waals surface area contributed by atoms with Crippen LogP contribution in [0.3, 0.4) is 0 Å². The summed E-state index contributed by atoms with van der Waals surface area (Å²) >= 11 is 0. The maximum Gasteiger partial charge on any atom is 0.286 e. The second-order valence-corrected chi connectivity index (χ2v) is 3.18. The lowest BCUT2D eigenvalue weighted by Gasteiger charge is -2.17. The third-order valence-corrected chi connectivity index (χ3v) is 1.86. The minimum absolute atomic E-state index is 0.101. The van der Waals surface area contributed by atoms with Gasteiger partial charge in [0.15, 0.2) is 6.73 Å². The Kier molecular flexibility index (Phi) is 3.74. The van der Waals surface area contributed by atoms with E-state index in [0.717, 1.165) is 17.1 Å². The van der Waals surface area contributed by atoms with Gasteiger partial charge in [0, 0.05) is 17.7 Å². The summed E-state index contributed by atoms with van der Waals surface area (Å²) in [5.74, 6) is -1.86. The Morgan fingerprint density at radius 1 is 1.53 bits per heavy atom. The molecule has 88 valence electrons. The summed E-state index contributed by atoms with van der Waals surface area (Å²) in [5.41, 5.74) is 0.101. The third kappa shape index (κ3) is 2.76. The Labute approximate surface area is 97.1 Å². The number of carbonyl (C=O) groups excluding carboxylic acids is 3. The topological polar surface area (TPSA) is 90.7 Å². The summed E-state index contributed by atoms with van der Waals surface area (Å²) in [6, 6.07) is 0. The smallest absolute Gasteiger partial charge is 0.269 e. The fraction of sp³-hybridized carbons (Fsp3) is 0.200. The predicted octanol–water partition coefficient (Wildman–Crippen LogP) is -0.314. The molecule has 1 rings (SSSR count). The second kappa shape index (κ2) is 5.05. The van der Waals surface area contributed by atoms with Crippen LogP contribution in [-0.2, 0) is 19.2 Å². The van der Waals surface area contributed by atoms with Crippen molar-refractivity contribution in [3.8, 4) is 6.19 Å². The molecule has 3 amide bonds. The van der Waals surface area contributed by atoms with Crippen molar-refractivity contribution in [1.82, 2.24) is 9.96 Å². The third-order valence-electron chi connectivity index (χ3n) is 1.86. The average Bonchev–Trinajstić information content (AvgIpc) is 2.60. The van der Waals surface area contributed by atoms with E-state index >= 15 is 0 Å². The molecule has 17 heavy (non-hydrogen) atoms. The molecule has 0 saturated heterocycles. The molecule has 1 aliphatic rings. The first-order valence-corrected chi connectivity index (χ1v) is 4.53. The summed E-state index contributed by atoms with van der Waals surface area (Å²) in [6.07, 6.45) is 3.61. The number of hydrogen-bond acceptors (Lipinski definition) is 5. The van der Waals surface area contributed by atoms with Crippen molar-refractivity contribution in [1.29, 1.82) is 5.26 Å². The highest BCUT2D eigenvalue weighted by Crippen LogP contribution is 2.05. The lowest BCUT2D eigenvalue weighted by Crippen LogP contribution is -2.37. The molecule has 0 N–H and O–H groups in total. The van der Waals surface area contributed by atoms with Crippen LogP contribution < -0.4 is 0 Å². The predicted molar refractivity (Wildman–Crippen MR) is 54.2 cm³/mol. The quantitative estimate of drug-likeness (QED) is 0.219. The van der Waals surface area contributed by atoms with Gasteiger partial charge < -0.3 is 0 Å². The average molecular weight is 235 g/mol. The molecule has 0 aliphatic carbocycles. The first-order chi connectivity index (χ1) is 7.97. The van der Waals surface area contributed by atoms with Gasteiger partial charge in [-0.25, -0.2) is 9.74 Å². The first kappa shape index (κ1) is 12.6. The Morgan fingerprint density at radius 3 is 2.47 bits per heavy atom. The molecule has 7 heteroatoms. The minimum atomic E-state index is -0.737. The van der Waals surface area contributed by atoms with Gasteiger partial charge in [-0.05, 0) is 6.92 Å². The monoisotopic (exact) mass is 235 g/mol. The zero-order chi connectivity index (χ0) is 13.0. The van der Waals surface area contributed by atoms with Gasteiger partial charge in [-0.1, -0.05) is 6.58 Å². The number of amides is 3. The Morgan fingerprint density at radius 2 is 2.06 bits per heavy atom. The standard InChI is InChI=1S/C10H9N3O4/c1-7(2)10(16)13(5-11)17-6-12-8(14)3-4-9(12)15/h3-4H,1,6H2,2H3. The van der Waals surface area contributed by atoms with E-state index in [1.54, 1.807) is 0 Å². The van der Waals surface area contributed by atoms with Gasteiger partial charge in [0.25, 0.3) is 17.7 Å². The van der Waals surface area contributed by atoms with Crippen LogP contribution in [-0.4, -0.2) is 34.4 Å². The molecule has 0 bridgehead atoms. The highest BCUT2D eigenvalue weighted by atomic mass is 16.7. The van der Waals surface area contributed by atoms with Gasteiger partial charge in [0.05, 0.1) is 0 Å². The molecule has 1 heterocycles. The maximum atomic E-state index is 11.3. The van der Waals surface area contributed by atoms with Crippen molar-refractivity contribution in [3.63, 3.8) is 0 Å². The highest BCUT2D eigenvalue weighted by molar-refractivity contribution is 6.12. The van der Waals surface area contributed by atoms with Gasteiger partial charge in [-0.15, -0.1) is 5.06 Å². The Bertz CT molecular complexity index is 443. The van der Waals surface area contributed by atoms with E-state index in [-0.39, 0.29) is 5.57 Å². The van der Waals surface area contributed by atoms with Crippen molar-refractivity contribution >= 4 is 17.7 Å². The zero-order valence-corrected chi connectivity index (χ0v) is 9.04. The maximum absolute atomic E-state index is 11.3. The Balaban J connectivity index is 2.58. The molecule has 0 spiro atoms. The lowest BCUT2D eigenvalue weighted by atomic mass is 10.3. The largest absolute Gasteiger partial charge is 0.286 e. The van der Waals surface area contributed by atoms with E-state index in [0.29, 0.717) is 5.06 Å². The van der Waals surface area contributed by atoms with E-state index in [1.807, 2.05) is 0 Å². The van der Waals surface area contributed by atoms with Gasteiger partial charge in [0.2, 0.25) is 6.19 Å². The van der Waals surface area contributed by atoms with Gasteiger partial charge in [0.1, 0.15) is 0 Å². The molecule has 7 nitrogen and oxygen atoms in total. The highest BCUT2D eigenvalue weighted by Gasteiger charge is 2.25. The molecule has 0 saturated carbocycles. The fourth-order valence-corrected chi connectivity index (χ4v) is 0.980. The molecular weight excluding hydrogens is 226 g/mol. The fourth-order valence-electron chi connectivity index (χ4n) is 0.980. The molecule has 0 fully saturated rings. The summed E-state index contributed by atoms with van der Waals surface area (Å²) < 4.78 is 0. The van der Waals surface area contributed by atoms with Crippen LogP contribution in [0, 0.1) is 11.5 Å². The van der Waals surface area contributed by atoms with Crippen molar-refractivity contribution in [3.05, 3.63) is 24.3 Å². The van der Waals surface area contributed by atoms with Crippen LogP contribution >= 0.6 is 0 Å². The number of nitriles is 1. The molecule has 0 aromatic rings. The summed E-state index contributed by atoms with van der Waals surface area (Å²) in [7, 11) is 0. The summed E-state index contributed by atoms with van der Waals surface area (Å²) in [4.78, 5) is 39.1. The molecular formula is C10H9N3O4. The SMILES string of the molecule is C=C(C)C(=O)N(C#N)OCN1C(=O)C=CC1=O. The number of carbonyl (C=O) groups is 3. The molecule has 0 atom stereocenters. The second-order valence-electron chi connectivity index (χ2n) is 3.18. The molecule has 0 aromatic carbocycles. The number of hydrogen-bond donors (Lipinski definition) is 0. The van der Waals surface area contributed by atoms with Gasteiger partial charge in [-0.3, -0.25) is 14.4 Å². The molecule has 0 unspecified atom stereocenters. The van der Waals surface area contributed by atoms with Crippen LogP contribution in [0.4, 0.5) is 0 Å². The number of imide groups is 1. The number of rotatable bonds is 4. The normalized spacial score (nSPS) is 13.8. The molecule has 0 aromatic heterocycles. The van der Waals surface area contributed by atoms with Crippen molar-refractivity contribution in [2.45, 2.75) is 6.92 Å². The van der Waals surface area contributed by atoms with Crippen LogP contribution in [0.25, 0.3) is 0 Å². The van der Waals surface area contributed by atoms with E-state index in [4.69, 9.17) is 10.1 Å². The van der Waals surface area contributed by atoms with Crippen molar-refractivity contribution in [2.75, 3.05) is 6.73 Å². The van der Waals surface area contributed by atoms with Gasteiger partial charge >= 0.3 is 0 Å². The first-order valence-electron chi connectivity index (χ1n) is 4.53. The zero-order valence-electron chi connectivity index (χ0n) is 9.04. The number of hydroxylamine groups is 2. The lowest BCUT2D eigenvalue weighted by molar-refractivity contribution is -0.181. The minimum Gasteiger partial charge on any atom is -0.269 e.